The van der Waals surface area contributed by atoms with Crippen LogP contribution in [0, 0.1) is 5.92 Å². The van der Waals surface area contributed by atoms with Gasteiger partial charge in [0.25, 0.3) is 0 Å². The van der Waals surface area contributed by atoms with Crippen LogP contribution >= 0.6 is 23.2 Å². The van der Waals surface area contributed by atoms with Crippen molar-refractivity contribution in [3.05, 3.63) is 28.2 Å². The number of nitrogens with zero attached hydrogens (tertiary/aromatic N) is 1. The first-order chi connectivity index (χ1) is 10.5. The van der Waals surface area contributed by atoms with Gasteiger partial charge in [-0.2, -0.15) is 0 Å². The van der Waals surface area contributed by atoms with E-state index in [9.17, 15) is 9.59 Å². The second kappa shape index (κ2) is 7.84. The number of likely N-dealkylation sites (N-methyl/N-ethyl adjacent to an activating group) is 1. The maximum absolute atomic E-state index is 12.1. The predicted molar refractivity (Wildman–Crippen MR) is 89.3 cm³/mol. The van der Waals surface area contributed by atoms with Crippen LogP contribution in [0.1, 0.15) is 32.1 Å². The van der Waals surface area contributed by atoms with Crippen LogP contribution in [-0.4, -0.2) is 30.3 Å². The van der Waals surface area contributed by atoms with Crippen LogP contribution in [0.25, 0.3) is 0 Å². The van der Waals surface area contributed by atoms with E-state index in [2.05, 4.69) is 5.32 Å². The fourth-order valence-corrected chi connectivity index (χ4v) is 3.21. The lowest BCUT2D eigenvalue weighted by Crippen LogP contribution is -2.35. The highest BCUT2D eigenvalue weighted by Crippen LogP contribution is 2.30. The summed E-state index contributed by atoms with van der Waals surface area (Å²) < 4.78 is 0. The Morgan fingerprint density at radius 3 is 2.41 bits per heavy atom. The molecular weight excluding hydrogens is 323 g/mol. The Bertz CT molecular complexity index is 537. The van der Waals surface area contributed by atoms with Gasteiger partial charge >= 0.3 is 0 Å². The lowest BCUT2D eigenvalue weighted by atomic mass is 10.0. The summed E-state index contributed by atoms with van der Waals surface area (Å²) in [4.78, 5) is 25.6. The average molecular weight is 343 g/mol. The van der Waals surface area contributed by atoms with Crippen molar-refractivity contribution in [3.63, 3.8) is 0 Å². The number of carbonyl (C=O) groups excluding carboxylic acids is 2. The van der Waals surface area contributed by atoms with Crippen LogP contribution in [0.15, 0.2) is 18.2 Å². The number of amides is 2. The molecule has 1 saturated carbocycles. The first-order valence-corrected chi connectivity index (χ1v) is 8.21. The summed E-state index contributed by atoms with van der Waals surface area (Å²) in [5.41, 5.74) is 0.382. The summed E-state index contributed by atoms with van der Waals surface area (Å²) in [6, 6.07) is 5.01. The van der Waals surface area contributed by atoms with Crippen molar-refractivity contribution < 1.29 is 9.59 Å². The van der Waals surface area contributed by atoms with Crippen LogP contribution in [0.5, 0.6) is 0 Å². The lowest BCUT2D eigenvalue weighted by Gasteiger charge is -2.19. The third-order valence-corrected chi connectivity index (χ3v) is 4.60. The topological polar surface area (TPSA) is 49.4 Å². The molecule has 4 nitrogen and oxygen atoms in total. The van der Waals surface area contributed by atoms with Gasteiger partial charge in [-0.05, 0) is 30.9 Å². The number of halogens is 2. The first kappa shape index (κ1) is 17.1. The maximum Gasteiger partial charge on any atom is 0.244 e. The van der Waals surface area contributed by atoms with Crippen LogP contribution in [0.4, 0.5) is 5.69 Å². The van der Waals surface area contributed by atoms with Crippen molar-refractivity contribution in [3.8, 4) is 0 Å². The molecule has 22 heavy (non-hydrogen) atoms. The second-order valence-corrected chi connectivity index (χ2v) is 6.56. The third-order valence-electron chi connectivity index (χ3n) is 3.97. The number of hydrogen-bond donors (Lipinski definition) is 1. The monoisotopic (exact) mass is 342 g/mol. The van der Waals surface area contributed by atoms with E-state index in [0.717, 1.165) is 12.8 Å². The van der Waals surface area contributed by atoms with Crippen LogP contribution in [-0.2, 0) is 9.59 Å². The number of anilines is 1. The van der Waals surface area contributed by atoms with Gasteiger partial charge in [0, 0.05) is 13.5 Å². The highest BCUT2D eigenvalue weighted by Gasteiger charge is 2.21. The molecule has 2 rings (SSSR count). The zero-order valence-corrected chi connectivity index (χ0v) is 14.1. The highest BCUT2D eigenvalue weighted by molar-refractivity contribution is 6.39. The molecule has 0 unspecified atom stereocenters. The van der Waals surface area contributed by atoms with E-state index in [1.54, 1.807) is 25.2 Å². The van der Waals surface area contributed by atoms with E-state index >= 15 is 0 Å². The fourth-order valence-electron chi connectivity index (χ4n) is 2.72. The number of hydrogen-bond acceptors (Lipinski definition) is 2. The van der Waals surface area contributed by atoms with E-state index < -0.39 is 0 Å². The van der Waals surface area contributed by atoms with E-state index in [4.69, 9.17) is 23.2 Å². The Morgan fingerprint density at radius 2 is 1.82 bits per heavy atom. The average Bonchev–Trinajstić information content (AvgIpc) is 2.96. The quantitative estimate of drug-likeness (QED) is 0.879. The molecule has 0 aromatic heterocycles. The molecule has 0 heterocycles. The maximum atomic E-state index is 12.1. The van der Waals surface area contributed by atoms with Crippen molar-refractivity contribution in [2.75, 3.05) is 18.9 Å². The number of carbonyl (C=O) groups is 2. The Hall–Kier alpha value is -1.26. The Balaban J connectivity index is 1.86. The molecule has 1 aliphatic carbocycles. The van der Waals surface area contributed by atoms with Crippen molar-refractivity contribution in [1.82, 2.24) is 4.90 Å². The van der Waals surface area contributed by atoms with Gasteiger partial charge in [-0.3, -0.25) is 9.59 Å². The first-order valence-electron chi connectivity index (χ1n) is 7.45. The Morgan fingerprint density at radius 1 is 1.23 bits per heavy atom. The molecule has 6 heteroatoms. The predicted octanol–water partition coefficient (Wildman–Crippen LogP) is 3.97. The molecule has 0 radical (unpaired) electrons. The molecule has 0 spiro atoms. The van der Waals surface area contributed by atoms with Crippen molar-refractivity contribution in [2.24, 2.45) is 5.92 Å². The van der Waals surface area contributed by atoms with Gasteiger partial charge in [-0.1, -0.05) is 42.1 Å². The van der Waals surface area contributed by atoms with Gasteiger partial charge in [0.2, 0.25) is 11.8 Å². The normalized spacial score (nSPS) is 14.9. The molecule has 0 aliphatic heterocycles. The minimum Gasteiger partial charge on any atom is -0.336 e. The summed E-state index contributed by atoms with van der Waals surface area (Å²) in [7, 11) is 1.64. The number of rotatable bonds is 5. The summed E-state index contributed by atoms with van der Waals surface area (Å²) in [5.74, 6) is 0.167. The molecule has 0 atom stereocenters. The molecule has 120 valence electrons. The van der Waals surface area contributed by atoms with Gasteiger partial charge in [-0.25, -0.2) is 0 Å². The molecule has 1 aliphatic rings. The minimum absolute atomic E-state index is 0.00676. The molecule has 2 amide bonds. The van der Waals surface area contributed by atoms with E-state index in [1.165, 1.54) is 17.7 Å². The SMILES string of the molecule is CN(CC(=O)Nc1c(Cl)cccc1Cl)C(=O)CC1CCCC1. The van der Waals surface area contributed by atoms with E-state index in [0.29, 0.717) is 28.1 Å². The molecule has 0 saturated heterocycles. The van der Waals surface area contributed by atoms with Gasteiger partial charge in [0.05, 0.1) is 22.3 Å². The summed E-state index contributed by atoms with van der Waals surface area (Å²) in [6.07, 6.45) is 5.15. The van der Waals surface area contributed by atoms with Crippen molar-refractivity contribution in [2.45, 2.75) is 32.1 Å². The summed E-state index contributed by atoms with van der Waals surface area (Å²) in [6.45, 7) is -0.00684. The van der Waals surface area contributed by atoms with Gasteiger partial charge in [0.15, 0.2) is 0 Å². The van der Waals surface area contributed by atoms with Crippen LogP contribution in [0.3, 0.4) is 0 Å². The molecule has 1 N–H and O–H groups in total. The lowest BCUT2D eigenvalue weighted by molar-refractivity contribution is -0.134. The van der Waals surface area contributed by atoms with Gasteiger partial charge < -0.3 is 10.2 Å². The van der Waals surface area contributed by atoms with Crippen molar-refractivity contribution >= 4 is 40.7 Å². The largest absolute Gasteiger partial charge is 0.336 e. The molecule has 1 aromatic carbocycles. The van der Waals surface area contributed by atoms with Crippen LogP contribution < -0.4 is 5.32 Å². The highest BCUT2D eigenvalue weighted by atomic mass is 35.5. The summed E-state index contributed by atoms with van der Waals surface area (Å²) >= 11 is 12.0. The zero-order valence-electron chi connectivity index (χ0n) is 12.6. The standard InChI is InChI=1S/C16H20Cl2N2O2/c1-20(15(22)9-11-5-2-3-6-11)10-14(21)19-16-12(17)7-4-8-13(16)18/h4,7-8,11H,2-3,5-6,9-10H2,1H3,(H,19,21). The van der Waals surface area contributed by atoms with Gasteiger partial charge in [0.1, 0.15) is 0 Å². The van der Waals surface area contributed by atoms with Crippen molar-refractivity contribution in [1.29, 1.82) is 0 Å². The van der Waals surface area contributed by atoms with Crippen LogP contribution in [0.2, 0.25) is 10.0 Å². The Labute approximate surface area is 140 Å². The second-order valence-electron chi connectivity index (χ2n) is 5.75. The number of benzene rings is 1. The smallest absolute Gasteiger partial charge is 0.244 e. The molecule has 0 bridgehead atoms. The minimum atomic E-state index is -0.308. The molecular formula is C16H20Cl2N2O2. The third kappa shape index (κ3) is 4.62. The van der Waals surface area contributed by atoms with E-state index in [-0.39, 0.29) is 18.4 Å². The number of nitrogens with one attached hydrogen (secondary N) is 1. The Kier molecular flexibility index (Phi) is 6.09. The number of para-hydroxylation sites is 1. The van der Waals surface area contributed by atoms with Gasteiger partial charge in [-0.15, -0.1) is 0 Å². The van der Waals surface area contributed by atoms with E-state index in [1.807, 2.05) is 0 Å². The molecule has 1 fully saturated rings. The summed E-state index contributed by atoms with van der Waals surface area (Å²) in [5, 5.41) is 3.41. The molecule has 1 aromatic rings. The fraction of sp³-hybridized carbons (Fsp3) is 0.500. The zero-order chi connectivity index (χ0) is 16.1.